The zero-order valence-electron chi connectivity index (χ0n) is 13.1. The second-order valence-electron chi connectivity index (χ2n) is 6.07. The van der Waals surface area contributed by atoms with E-state index in [1.165, 1.54) is 35.4 Å². The molecule has 1 aromatic heterocycles. The van der Waals surface area contributed by atoms with Crippen LogP contribution in [0.1, 0.15) is 48.2 Å². The van der Waals surface area contributed by atoms with Gasteiger partial charge >= 0.3 is 0 Å². The standard InChI is InChI=1S/C18H25N3/c1-3-21-18(16-7-9-19-10-8-16)13-17(20-21)12-15-6-4-5-14(2)11-15/h4-6,11,13,16,19H,3,7-10,12H2,1-2H3. The zero-order chi connectivity index (χ0) is 14.7. The molecular weight excluding hydrogens is 258 g/mol. The van der Waals surface area contributed by atoms with Crippen LogP contribution in [0.2, 0.25) is 0 Å². The van der Waals surface area contributed by atoms with Crippen LogP contribution in [0.3, 0.4) is 0 Å². The van der Waals surface area contributed by atoms with E-state index in [1.54, 1.807) is 0 Å². The Labute approximate surface area is 127 Å². The molecule has 0 amide bonds. The van der Waals surface area contributed by atoms with Gasteiger partial charge in [0.15, 0.2) is 0 Å². The number of benzene rings is 1. The molecule has 1 aliphatic rings. The lowest BCUT2D eigenvalue weighted by atomic mass is 9.94. The van der Waals surface area contributed by atoms with E-state index < -0.39 is 0 Å². The first-order valence-corrected chi connectivity index (χ1v) is 8.09. The summed E-state index contributed by atoms with van der Waals surface area (Å²) >= 11 is 0. The molecule has 0 radical (unpaired) electrons. The summed E-state index contributed by atoms with van der Waals surface area (Å²) in [6.45, 7) is 7.56. The number of nitrogens with one attached hydrogen (secondary N) is 1. The maximum atomic E-state index is 4.83. The number of aromatic nitrogens is 2. The molecule has 112 valence electrons. The second kappa shape index (κ2) is 6.44. The summed E-state index contributed by atoms with van der Waals surface area (Å²) < 4.78 is 2.21. The Kier molecular flexibility index (Phi) is 4.39. The first-order valence-electron chi connectivity index (χ1n) is 8.09. The molecule has 3 nitrogen and oxygen atoms in total. The molecule has 1 N–H and O–H groups in total. The number of piperidine rings is 1. The van der Waals surface area contributed by atoms with Crippen LogP contribution in [0.4, 0.5) is 0 Å². The molecule has 1 aliphatic heterocycles. The molecule has 2 aromatic rings. The Bertz CT molecular complexity index is 594. The largest absolute Gasteiger partial charge is 0.317 e. The van der Waals surface area contributed by atoms with E-state index in [9.17, 15) is 0 Å². The molecule has 1 aromatic carbocycles. The minimum atomic E-state index is 0.671. The van der Waals surface area contributed by atoms with Gasteiger partial charge in [-0.25, -0.2) is 0 Å². The molecule has 2 heterocycles. The smallest absolute Gasteiger partial charge is 0.0671 e. The summed E-state index contributed by atoms with van der Waals surface area (Å²) in [6.07, 6.45) is 3.40. The molecule has 3 heteroatoms. The van der Waals surface area contributed by atoms with E-state index in [-0.39, 0.29) is 0 Å². The topological polar surface area (TPSA) is 29.9 Å². The van der Waals surface area contributed by atoms with Crippen molar-refractivity contribution in [2.45, 2.75) is 45.6 Å². The van der Waals surface area contributed by atoms with Gasteiger partial charge in [0.25, 0.3) is 0 Å². The molecular formula is C18H25N3. The second-order valence-corrected chi connectivity index (χ2v) is 6.07. The lowest BCUT2D eigenvalue weighted by Gasteiger charge is -2.23. The minimum absolute atomic E-state index is 0.671. The monoisotopic (exact) mass is 283 g/mol. The summed E-state index contributed by atoms with van der Waals surface area (Å²) in [5.41, 5.74) is 5.31. The van der Waals surface area contributed by atoms with Gasteiger partial charge in [-0.15, -0.1) is 0 Å². The highest BCUT2D eigenvalue weighted by Gasteiger charge is 2.20. The van der Waals surface area contributed by atoms with Crippen LogP contribution in [0.5, 0.6) is 0 Å². The number of aryl methyl sites for hydroxylation is 2. The average Bonchev–Trinajstić information content (AvgIpc) is 2.91. The Morgan fingerprint density at radius 2 is 2.05 bits per heavy atom. The third-order valence-corrected chi connectivity index (χ3v) is 4.39. The van der Waals surface area contributed by atoms with Crippen molar-refractivity contribution < 1.29 is 0 Å². The highest BCUT2D eigenvalue weighted by Crippen LogP contribution is 2.26. The molecule has 0 aliphatic carbocycles. The maximum Gasteiger partial charge on any atom is 0.0671 e. The fourth-order valence-electron chi connectivity index (χ4n) is 3.30. The van der Waals surface area contributed by atoms with Gasteiger partial charge in [-0.2, -0.15) is 5.10 Å². The van der Waals surface area contributed by atoms with E-state index in [1.807, 2.05) is 0 Å². The van der Waals surface area contributed by atoms with E-state index in [2.05, 4.69) is 54.2 Å². The highest BCUT2D eigenvalue weighted by atomic mass is 15.3. The van der Waals surface area contributed by atoms with Crippen LogP contribution in [0, 0.1) is 6.92 Å². The Morgan fingerprint density at radius 3 is 2.76 bits per heavy atom. The fourth-order valence-corrected chi connectivity index (χ4v) is 3.30. The SMILES string of the molecule is CCn1nc(Cc2cccc(C)c2)cc1C1CCNCC1. The summed E-state index contributed by atoms with van der Waals surface area (Å²) in [7, 11) is 0. The highest BCUT2D eigenvalue weighted by molar-refractivity contribution is 5.27. The number of rotatable bonds is 4. The Morgan fingerprint density at radius 1 is 1.24 bits per heavy atom. The van der Waals surface area contributed by atoms with Crippen molar-refractivity contribution in [2.75, 3.05) is 13.1 Å². The molecule has 0 bridgehead atoms. The molecule has 0 spiro atoms. The van der Waals surface area contributed by atoms with Crippen molar-refractivity contribution in [3.63, 3.8) is 0 Å². The summed E-state index contributed by atoms with van der Waals surface area (Å²) in [6, 6.07) is 11.1. The lowest BCUT2D eigenvalue weighted by Crippen LogP contribution is -2.27. The van der Waals surface area contributed by atoms with Crippen LogP contribution in [-0.2, 0) is 13.0 Å². The molecule has 0 unspecified atom stereocenters. The van der Waals surface area contributed by atoms with Crippen LogP contribution in [0.15, 0.2) is 30.3 Å². The quantitative estimate of drug-likeness (QED) is 0.933. The summed E-state index contributed by atoms with van der Waals surface area (Å²) in [5, 5.41) is 8.27. The van der Waals surface area contributed by atoms with Crippen molar-refractivity contribution >= 4 is 0 Å². The van der Waals surface area contributed by atoms with Gasteiger partial charge in [0.05, 0.1) is 5.69 Å². The van der Waals surface area contributed by atoms with E-state index in [0.29, 0.717) is 5.92 Å². The van der Waals surface area contributed by atoms with E-state index >= 15 is 0 Å². The van der Waals surface area contributed by atoms with Crippen molar-refractivity contribution in [2.24, 2.45) is 0 Å². The number of hydrogen-bond donors (Lipinski definition) is 1. The van der Waals surface area contributed by atoms with Crippen molar-refractivity contribution in [1.82, 2.24) is 15.1 Å². The molecule has 21 heavy (non-hydrogen) atoms. The minimum Gasteiger partial charge on any atom is -0.317 e. The number of nitrogens with zero attached hydrogens (tertiary/aromatic N) is 2. The first kappa shape index (κ1) is 14.3. The Hall–Kier alpha value is -1.61. The van der Waals surface area contributed by atoms with Gasteiger partial charge in [0.2, 0.25) is 0 Å². The van der Waals surface area contributed by atoms with Gasteiger partial charge in [-0.1, -0.05) is 29.8 Å². The van der Waals surface area contributed by atoms with Crippen molar-refractivity contribution in [3.8, 4) is 0 Å². The lowest BCUT2D eigenvalue weighted by molar-refractivity contribution is 0.432. The van der Waals surface area contributed by atoms with Crippen LogP contribution in [0.25, 0.3) is 0 Å². The Balaban J connectivity index is 1.81. The zero-order valence-corrected chi connectivity index (χ0v) is 13.1. The third kappa shape index (κ3) is 3.35. The molecule has 1 saturated heterocycles. The third-order valence-electron chi connectivity index (χ3n) is 4.39. The van der Waals surface area contributed by atoms with Gasteiger partial charge in [-0.05, 0) is 51.4 Å². The summed E-state index contributed by atoms with van der Waals surface area (Å²) in [5.74, 6) is 0.671. The van der Waals surface area contributed by atoms with Crippen LogP contribution >= 0.6 is 0 Å². The van der Waals surface area contributed by atoms with Gasteiger partial charge in [-0.3, -0.25) is 4.68 Å². The predicted molar refractivity (Wildman–Crippen MR) is 86.7 cm³/mol. The van der Waals surface area contributed by atoms with E-state index in [4.69, 9.17) is 5.10 Å². The maximum absolute atomic E-state index is 4.83. The van der Waals surface area contributed by atoms with E-state index in [0.717, 1.165) is 26.1 Å². The van der Waals surface area contributed by atoms with Gasteiger partial charge in [0, 0.05) is 24.6 Å². The van der Waals surface area contributed by atoms with Crippen LogP contribution < -0.4 is 5.32 Å². The average molecular weight is 283 g/mol. The summed E-state index contributed by atoms with van der Waals surface area (Å²) in [4.78, 5) is 0. The van der Waals surface area contributed by atoms with Crippen molar-refractivity contribution in [1.29, 1.82) is 0 Å². The molecule has 0 saturated carbocycles. The molecule has 1 fully saturated rings. The first-order chi connectivity index (χ1) is 10.3. The van der Waals surface area contributed by atoms with Gasteiger partial charge < -0.3 is 5.32 Å². The fraction of sp³-hybridized carbons (Fsp3) is 0.500. The molecule has 0 atom stereocenters. The predicted octanol–water partition coefficient (Wildman–Crippen LogP) is 3.27. The van der Waals surface area contributed by atoms with Crippen LogP contribution in [-0.4, -0.2) is 22.9 Å². The molecule has 3 rings (SSSR count). The van der Waals surface area contributed by atoms with Crippen molar-refractivity contribution in [3.05, 3.63) is 52.8 Å². The van der Waals surface area contributed by atoms with Gasteiger partial charge in [0.1, 0.15) is 0 Å². The number of hydrogen-bond acceptors (Lipinski definition) is 2. The normalized spacial score (nSPS) is 16.3.